The molecule has 0 bridgehead atoms. The molecule has 1 heterocycles. The number of carbonyl (C=O) groups excluding carboxylic acids is 1. The smallest absolute Gasteiger partial charge is 0.411 e. The lowest BCUT2D eigenvalue weighted by molar-refractivity contribution is -0.0588. The maximum absolute atomic E-state index is 12.8. The number of benzene rings is 2. The molecule has 0 aliphatic carbocycles. The molecule has 0 spiro atoms. The summed E-state index contributed by atoms with van der Waals surface area (Å²) in [6.45, 7) is 3.34. The van der Waals surface area contributed by atoms with Crippen LogP contribution in [0.25, 0.3) is 0 Å². The minimum Gasteiger partial charge on any atom is -0.437 e. The Morgan fingerprint density at radius 1 is 1.21 bits per heavy atom. The predicted octanol–water partition coefficient (Wildman–Crippen LogP) is 5.66. The van der Waals surface area contributed by atoms with Gasteiger partial charge in [0.05, 0.1) is 6.04 Å². The third-order valence-corrected chi connectivity index (χ3v) is 5.10. The van der Waals surface area contributed by atoms with Gasteiger partial charge in [0.15, 0.2) is 0 Å². The topological polar surface area (TPSA) is 38.8 Å². The lowest BCUT2D eigenvalue weighted by Crippen LogP contribution is -2.48. The van der Waals surface area contributed by atoms with Gasteiger partial charge in [-0.2, -0.15) is 8.78 Å². The second kappa shape index (κ2) is 8.42. The van der Waals surface area contributed by atoms with E-state index >= 15 is 0 Å². The van der Waals surface area contributed by atoms with Crippen LogP contribution in [0.3, 0.4) is 0 Å². The van der Waals surface area contributed by atoms with Gasteiger partial charge in [-0.1, -0.05) is 48.5 Å². The quantitative estimate of drug-likeness (QED) is 0.575. The van der Waals surface area contributed by atoms with Crippen LogP contribution in [-0.2, 0) is 10.3 Å². The van der Waals surface area contributed by atoms with E-state index in [1.54, 1.807) is 23.1 Å². The van der Waals surface area contributed by atoms with Crippen LogP contribution < -0.4 is 4.74 Å². The summed E-state index contributed by atoms with van der Waals surface area (Å²) in [7, 11) is 0. The maximum Gasteiger partial charge on any atom is 0.411 e. The van der Waals surface area contributed by atoms with Gasteiger partial charge < -0.3 is 14.4 Å². The van der Waals surface area contributed by atoms with Crippen molar-refractivity contribution in [3.05, 3.63) is 78.4 Å². The largest absolute Gasteiger partial charge is 0.437 e. The Balaban J connectivity index is 1.75. The molecule has 0 saturated carbocycles. The van der Waals surface area contributed by atoms with Crippen molar-refractivity contribution in [2.75, 3.05) is 6.54 Å². The summed E-state index contributed by atoms with van der Waals surface area (Å²) in [5.41, 5.74) is 1.05. The van der Waals surface area contributed by atoms with Gasteiger partial charge in [-0.25, -0.2) is 4.79 Å². The highest BCUT2D eigenvalue weighted by Gasteiger charge is 2.42. The van der Waals surface area contributed by atoms with E-state index in [-0.39, 0.29) is 11.8 Å². The van der Waals surface area contributed by atoms with Crippen molar-refractivity contribution in [2.45, 2.75) is 38.0 Å². The van der Waals surface area contributed by atoms with Crippen molar-refractivity contribution in [3.63, 3.8) is 0 Å². The van der Waals surface area contributed by atoms with Gasteiger partial charge in [0.2, 0.25) is 0 Å². The molecule has 2 aromatic rings. The second-order valence-electron chi connectivity index (χ2n) is 6.79. The first-order valence-electron chi connectivity index (χ1n) is 9.16. The molecular formula is C22H23F2NO3. The summed E-state index contributed by atoms with van der Waals surface area (Å²) in [6.07, 6.45) is 2.52. The molecule has 148 valence electrons. The summed E-state index contributed by atoms with van der Waals surface area (Å²) in [4.78, 5) is 14.5. The number of alkyl halides is 2. The van der Waals surface area contributed by atoms with Gasteiger partial charge in [0, 0.05) is 19.4 Å². The summed E-state index contributed by atoms with van der Waals surface area (Å²) >= 11 is 0. The fraction of sp³-hybridized carbons (Fsp3) is 0.318. The van der Waals surface area contributed by atoms with Gasteiger partial charge in [0.1, 0.15) is 11.4 Å². The van der Waals surface area contributed by atoms with Crippen LogP contribution in [0.4, 0.5) is 13.6 Å². The van der Waals surface area contributed by atoms with E-state index in [2.05, 4.69) is 11.3 Å². The Bertz CT molecular complexity index is 810. The average molecular weight is 387 g/mol. The molecule has 0 radical (unpaired) electrons. The number of nitrogens with zero attached hydrogens (tertiary/aromatic N) is 1. The van der Waals surface area contributed by atoms with Crippen LogP contribution in [0.5, 0.6) is 5.75 Å². The van der Waals surface area contributed by atoms with Gasteiger partial charge in [0.25, 0.3) is 0 Å². The molecule has 28 heavy (non-hydrogen) atoms. The number of rotatable bonds is 7. The van der Waals surface area contributed by atoms with Crippen LogP contribution in [0.2, 0.25) is 0 Å². The predicted molar refractivity (Wildman–Crippen MR) is 102 cm³/mol. The van der Waals surface area contributed by atoms with Gasteiger partial charge in [-0.15, -0.1) is 6.58 Å². The van der Waals surface area contributed by atoms with Crippen molar-refractivity contribution >= 4 is 6.09 Å². The standard InChI is InChI=1S/C22H23F2NO3/c1-3-13-22(18-7-5-4-6-8-18)14-15-25(21(26)28-22)16(2)17-9-11-19(12-10-17)27-20(23)24/h3-12,16,20H,1,13-15H2,2H3/t16-,22?/m0/s1. The first-order chi connectivity index (χ1) is 13.4. The third-order valence-electron chi connectivity index (χ3n) is 5.10. The number of hydrogen-bond donors (Lipinski definition) is 0. The van der Waals surface area contributed by atoms with Gasteiger partial charge in [-0.05, 0) is 30.2 Å². The van der Waals surface area contributed by atoms with Crippen LogP contribution in [0.15, 0.2) is 67.3 Å². The number of ether oxygens (including phenoxy) is 2. The molecule has 1 saturated heterocycles. The zero-order valence-corrected chi connectivity index (χ0v) is 15.7. The van der Waals surface area contributed by atoms with Gasteiger partial charge >= 0.3 is 12.7 Å². The van der Waals surface area contributed by atoms with E-state index in [9.17, 15) is 13.6 Å². The Hall–Kier alpha value is -2.89. The van der Waals surface area contributed by atoms with Crippen molar-refractivity contribution in [1.82, 2.24) is 4.90 Å². The Morgan fingerprint density at radius 3 is 2.46 bits per heavy atom. The van der Waals surface area contributed by atoms with E-state index in [0.29, 0.717) is 19.4 Å². The Kier molecular flexibility index (Phi) is 5.97. The molecule has 3 rings (SSSR count). The SMILES string of the molecule is C=CCC1(c2ccccc2)CCN([C@@H](C)c2ccc(OC(F)F)cc2)C(=O)O1. The van der Waals surface area contributed by atoms with Crippen LogP contribution >= 0.6 is 0 Å². The summed E-state index contributed by atoms with van der Waals surface area (Å²) in [5.74, 6) is 0.0845. The number of halogens is 2. The van der Waals surface area contributed by atoms with E-state index in [1.165, 1.54) is 12.1 Å². The summed E-state index contributed by atoms with van der Waals surface area (Å²) in [6, 6.07) is 15.7. The Labute approximate surface area is 163 Å². The minimum absolute atomic E-state index is 0.0845. The molecule has 1 unspecified atom stereocenters. The van der Waals surface area contributed by atoms with Crippen molar-refractivity contribution in [2.24, 2.45) is 0 Å². The average Bonchev–Trinajstić information content (AvgIpc) is 2.69. The lowest BCUT2D eigenvalue weighted by Gasteiger charge is -2.43. The molecule has 1 amide bonds. The van der Waals surface area contributed by atoms with Gasteiger partial charge in [-0.3, -0.25) is 0 Å². The summed E-state index contributed by atoms with van der Waals surface area (Å²) < 4.78 is 34.9. The lowest BCUT2D eigenvalue weighted by atomic mass is 9.85. The zero-order valence-electron chi connectivity index (χ0n) is 15.7. The molecule has 1 aliphatic rings. The van der Waals surface area contributed by atoms with Crippen LogP contribution in [-0.4, -0.2) is 24.1 Å². The van der Waals surface area contributed by atoms with E-state index in [1.807, 2.05) is 37.3 Å². The maximum atomic E-state index is 12.8. The molecule has 4 nitrogen and oxygen atoms in total. The highest BCUT2D eigenvalue weighted by molar-refractivity contribution is 5.70. The highest BCUT2D eigenvalue weighted by atomic mass is 19.3. The third kappa shape index (κ3) is 4.16. The number of carbonyl (C=O) groups is 1. The van der Waals surface area contributed by atoms with E-state index < -0.39 is 18.3 Å². The van der Waals surface area contributed by atoms with Crippen molar-refractivity contribution < 1.29 is 23.0 Å². The normalized spacial score (nSPS) is 20.6. The number of hydrogen-bond acceptors (Lipinski definition) is 3. The number of amides is 1. The Morgan fingerprint density at radius 2 is 1.89 bits per heavy atom. The fourth-order valence-corrected chi connectivity index (χ4v) is 3.57. The van der Waals surface area contributed by atoms with Crippen molar-refractivity contribution in [1.29, 1.82) is 0 Å². The molecule has 1 aliphatic heterocycles. The van der Waals surface area contributed by atoms with Crippen molar-refractivity contribution in [3.8, 4) is 5.75 Å². The minimum atomic E-state index is -2.86. The zero-order chi connectivity index (χ0) is 20.1. The van der Waals surface area contributed by atoms with Crippen LogP contribution in [0.1, 0.15) is 36.9 Å². The van der Waals surface area contributed by atoms with E-state index in [4.69, 9.17) is 4.74 Å². The molecule has 0 aromatic heterocycles. The molecule has 0 N–H and O–H groups in total. The first-order valence-corrected chi connectivity index (χ1v) is 9.16. The number of cyclic esters (lactones) is 1. The molecule has 2 aromatic carbocycles. The molecule has 6 heteroatoms. The van der Waals surface area contributed by atoms with E-state index in [0.717, 1.165) is 11.1 Å². The molecule has 1 fully saturated rings. The summed E-state index contributed by atoms with van der Waals surface area (Å²) in [5, 5.41) is 0. The van der Waals surface area contributed by atoms with Crippen LogP contribution in [0, 0.1) is 0 Å². The molecule has 2 atom stereocenters. The second-order valence-corrected chi connectivity index (χ2v) is 6.79. The first kappa shape index (κ1) is 19.9. The highest BCUT2D eigenvalue weighted by Crippen LogP contribution is 2.39. The molecular weight excluding hydrogens is 364 g/mol. The monoisotopic (exact) mass is 387 g/mol. The fourth-order valence-electron chi connectivity index (χ4n) is 3.57.